The maximum absolute atomic E-state index is 11.7. The van der Waals surface area contributed by atoms with Crippen molar-refractivity contribution in [3.8, 4) is 11.5 Å². The molecule has 1 aliphatic heterocycles. The minimum absolute atomic E-state index is 0.0419. The van der Waals surface area contributed by atoms with Gasteiger partial charge in [0.2, 0.25) is 0 Å². The van der Waals surface area contributed by atoms with Gasteiger partial charge in [-0.15, -0.1) is 0 Å². The summed E-state index contributed by atoms with van der Waals surface area (Å²) in [6.07, 6.45) is 4.52. The van der Waals surface area contributed by atoms with E-state index in [1.54, 1.807) is 12.4 Å². The average molecular weight is 385 g/mol. The summed E-state index contributed by atoms with van der Waals surface area (Å²) in [5.74, 6) is 0.777. The molecule has 1 aliphatic rings. The number of carbonyl (C=O) groups is 1. The smallest absolute Gasteiger partial charge is 0.307 e. The molecule has 0 aliphatic carbocycles. The van der Waals surface area contributed by atoms with Gasteiger partial charge in [-0.25, -0.2) is 9.67 Å². The van der Waals surface area contributed by atoms with Gasteiger partial charge in [0, 0.05) is 25.2 Å². The molecular weight excluding hydrogens is 362 g/mol. The number of carbonyl (C=O) groups excluding carboxylic acids is 1. The number of aromatic nitrogens is 5. The van der Waals surface area contributed by atoms with Crippen LogP contribution in [0.5, 0.6) is 0 Å². The van der Waals surface area contributed by atoms with Crippen LogP contribution in [0.3, 0.4) is 0 Å². The van der Waals surface area contributed by atoms with E-state index >= 15 is 0 Å². The van der Waals surface area contributed by atoms with Gasteiger partial charge in [0.1, 0.15) is 0 Å². The quantitative estimate of drug-likeness (QED) is 0.633. The molecule has 1 saturated heterocycles. The van der Waals surface area contributed by atoms with Crippen molar-refractivity contribution in [3.63, 3.8) is 0 Å². The van der Waals surface area contributed by atoms with E-state index < -0.39 is 0 Å². The number of hydrogen-bond acceptors (Lipinski definition) is 9. The van der Waals surface area contributed by atoms with E-state index in [9.17, 15) is 4.79 Å². The maximum atomic E-state index is 11.7. The summed E-state index contributed by atoms with van der Waals surface area (Å²) in [6.45, 7) is 3.70. The van der Waals surface area contributed by atoms with Crippen LogP contribution >= 0.6 is 0 Å². The van der Waals surface area contributed by atoms with Crippen molar-refractivity contribution in [2.75, 3.05) is 26.0 Å². The highest BCUT2D eigenvalue weighted by Crippen LogP contribution is 2.34. The predicted molar refractivity (Wildman–Crippen MR) is 101 cm³/mol. The van der Waals surface area contributed by atoms with Crippen LogP contribution < -0.4 is 5.32 Å². The molecule has 1 N–H and O–H groups in total. The van der Waals surface area contributed by atoms with E-state index in [2.05, 4.69) is 25.5 Å². The Bertz CT molecular complexity index is 994. The van der Waals surface area contributed by atoms with Crippen molar-refractivity contribution in [1.82, 2.24) is 29.8 Å². The number of pyridine rings is 1. The Kier molecular flexibility index (Phi) is 4.95. The molecule has 1 unspecified atom stereocenters. The van der Waals surface area contributed by atoms with Crippen molar-refractivity contribution in [1.29, 1.82) is 0 Å². The number of aryl methyl sites for hydroxylation is 1. The van der Waals surface area contributed by atoms with E-state index in [-0.39, 0.29) is 12.0 Å². The molecule has 4 rings (SSSR count). The summed E-state index contributed by atoms with van der Waals surface area (Å²) in [6, 6.07) is -0.0419. The van der Waals surface area contributed by atoms with Gasteiger partial charge in [0.05, 0.1) is 42.4 Å². The van der Waals surface area contributed by atoms with E-state index in [4.69, 9.17) is 9.26 Å². The molecule has 0 spiro atoms. The summed E-state index contributed by atoms with van der Waals surface area (Å²) >= 11 is 0. The SMILES string of the molecule is CCn1ncc2c(NC3CCOC(=O)C3)c(-c3nc(CN(C)C)no3)cnc21. The second-order valence-corrected chi connectivity index (χ2v) is 7.05. The Morgan fingerprint density at radius 2 is 2.21 bits per heavy atom. The van der Waals surface area contributed by atoms with Gasteiger partial charge < -0.3 is 19.5 Å². The molecule has 10 heteroatoms. The molecule has 0 aromatic carbocycles. The summed E-state index contributed by atoms with van der Waals surface area (Å²) in [7, 11) is 3.88. The van der Waals surface area contributed by atoms with Crippen LogP contribution in [-0.2, 0) is 22.6 Å². The Balaban J connectivity index is 1.76. The second kappa shape index (κ2) is 7.55. The Hall–Kier alpha value is -3.01. The number of rotatable bonds is 6. The molecule has 3 aromatic heterocycles. The average Bonchev–Trinajstić information content (AvgIpc) is 3.28. The number of anilines is 1. The van der Waals surface area contributed by atoms with E-state index in [0.717, 1.165) is 23.1 Å². The van der Waals surface area contributed by atoms with Crippen molar-refractivity contribution in [2.45, 2.75) is 38.9 Å². The third kappa shape index (κ3) is 3.55. The monoisotopic (exact) mass is 385 g/mol. The number of hydrogen-bond donors (Lipinski definition) is 1. The maximum Gasteiger partial charge on any atom is 0.307 e. The summed E-state index contributed by atoms with van der Waals surface area (Å²) in [4.78, 5) is 22.7. The van der Waals surface area contributed by atoms with Crippen LogP contribution in [0.15, 0.2) is 16.9 Å². The number of fused-ring (bicyclic) bond motifs is 1. The Morgan fingerprint density at radius 1 is 1.36 bits per heavy atom. The lowest BCUT2D eigenvalue weighted by Crippen LogP contribution is -2.31. The third-order valence-electron chi connectivity index (χ3n) is 4.61. The lowest BCUT2D eigenvalue weighted by Gasteiger charge is -2.24. The highest BCUT2D eigenvalue weighted by Gasteiger charge is 2.25. The topological polar surface area (TPSA) is 111 Å². The first-order valence-corrected chi connectivity index (χ1v) is 9.29. The summed E-state index contributed by atoms with van der Waals surface area (Å²) in [5.41, 5.74) is 2.25. The molecule has 0 saturated carbocycles. The minimum atomic E-state index is -0.203. The molecule has 148 valence electrons. The fourth-order valence-corrected chi connectivity index (χ4v) is 3.29. The molecule has 1 fully saturated rings. The zero-order chi connectivity index (χ0) is 19.7. The molecule has 1 atom stereocenters. The number of cyclic esters (lactones) is 1. The molecule has 10 nitrogen and oxygen atoms in total. The lowest BCUT2D eigenvalue weighted by atomic mass is 10.1. The third-order valence-corrected chi connectivity index (χ3v) is 4.61. The van der Waals surface area contributed by atoms with Gasteiger partial charge in [-0.05, 0) is 21.0 Å². The van der Waals surface area contributed by atoms with E-state index in [1.165, 1.54) is 0 Å². The molecular formula is C18H23N7O3. The molecule has 3 aromatic rings. The van der Waals surface area contributed by atoms with Crippen molar-refractivity contribution in [2.24, 2.45) is 0 Å². The molecule has 4 heterocycles. The number of nitrogens with zero attached hydrogens (tertiary/aromatic N) is 6. The standard InChI is InChI=1S/C18H23N7O3/c1-4-25-17-12(9-20-25)16(21-11-5-6-27-15(26)7-11)13(8-19-17)18-22-14(23-28-18)10-24(2)3/h8-9,11H,4-7,10H2,1-3H3,(H,19,21). The number of esters is 1. The summed E-state index contributed by atoms with van der Waals surface area (Å²) < 4.78 is 12.4. The van der Waals surface area contributed by atoms with Gasteiger partial charge in [-0.2, -0.15) is 10.1 Å². The first-order valence-electron chi connectivity index (χ1n) is 9.29. The minimum Gasteiger partial charge on any atom is -0.466 e. The van der Waals surface area contributed by atoms with Crippen LogP contribution in [0.25, 0.3) is 22.5 Å². The Morgan fingerprint density at radius 3 is 2.96 bits per heavy atom. The van der Waals surface area contributed by atoms with Crippen molar-refractivity contribution >= 4 is 22.7 Å². The van der Waals surface area contributed by atoms with Crippen molar-refractivity contribution in [3.05, 3.63) is 18.2 Å². The van der Waals surface area contributed by atoms with Crippen LogP contribution in [0.1, 0.15) is 25.6 Å². The van der Waals surface area contributed by atoms with Crippen LogP contribution in [-0.4, -0.2) is 62.5 Å². The molecule has 0 bridgehead atoms. The van der Waals surface area contributed by atoms with Crippen LogP contribution in [0.2, 0.25) is 0 Å². The van der Waals surface area contributed by atoms with Crippen LogP contribution in [0, 0.1) is 0 Å². The zero-order valence-corrected chi connectivity index (χ0v) is 16.2. The fraction of sp³-hybridized carbons (Fsp3) is 0.500. The predicted octanol–water partition coefficient (Wildman–Crippen LogP) is 1.68. The highest BCUT2D eigenvalue weighted by molar-refractivity contribution is 5.96. The highest BCUT2D eigenvalue weighted by atomic mass is 16.5. The van der Waals surface area contributed by atoms with Gasteiger partial charge >= 0.3 is 5.97 Å². The van der Waals surface area contributed by atoms with Crippen LogP contribution in [0.4, 0.5) is 5.69 Å². The normalized spacial score (nSPS) is 17.3. The zero-order valence-electron chi connectivity index (χ0n) is 16.2. The van der Waals surface area contributed by atoms with Gasteiger partial charge in [-0.1, -0.05) is 5.16 Å². The van der Waals surface area contributed by atoms with Gasteiger partial charge in [0.25, 0.3) is 5.89 Å². The van der Waals surface area contributed by atoms with E-state index in [1.807, 2.05) is 30.6 Å². The number of ether oxygens (including phenoxy) is 1. The largest absolute Gasteiger partial charge is 0.466 e. The number of nitrogens with one attached hydrogen (secondary N) is 1. The second-order valence-electron chi connectivity index (χ2n) is 7.05. The molecule has 0 radical (unpaired) electrons. The van der Waals surface area contributed by atoms with Gasteiger partial charge in [-0.3, -0.25) is 4.79 Å². The first-order chi connectivity index (χ1) is 13.5. The fourth-order valence-electron chi connectivity index (χ4n) is 3.29. The molecule has 0 amide bonds. The van der Waals surface area contributed by atoms with E-state index in [0.29, 0.717) is 43.4 Å². The van der Waals surface area contributed by atoms with Gasteiger partial charge in [0.15, 0.2) is 11.5 Å². The first kappa shape index (κ1) is 18.4. The lowest BCUT2D eigenvalue weighted by molar-refractivity contribution is -0.147. The Labute approximate surface area is 161 Å². The van der Waals surface area contributed by atoms with Crippen molar-refractivity contribution < 1.29 is 14.1 Å². The summed E-state index contributed by atoms with van der Waals surface area (Å²) in [5, 5.41) is 12.8. The molecule has 28 heavy (non-hydrogen) atoms.